The molecule has 2 aromatic rings. The topological polar surface area (TPSA) is 70.2 Å². The number of nitrogens with one attached hydrogen (secondary N) is 2. The lowest BCUT2D eigenvalue weighted by Gasteiger charge is -2.11. The quantitative estimate of drug-likeness (QED) is 0.753. The molecule has 128 valence electrons. The molecule has 1 heterocycles. The largest absolute Gasteiger partial charge is 0.370 e. The van der Waals surface area contributed by atoms with Crippen molar-refractivity contribution in [1.29, 1.82) is 0 Å². The number of benzene rings is 1. The normalized spacial score (nSPS) is 10.7. The second kappa shape index (κ2) is 8.61. The number of halogens is 1. The van der Waals surface area contributed by atoms with Crippen LogP contribution in [0.2, 0.25) is 5.02 Å². The number of hydrogen-bond acceptors (Lipinski definition) is 5. The van der Waals surface area contributed by atoms with Crippen LogP contribution in [0, 0.1) is 6.92 Å². The van der Waals surface area contributed by atoms with Crippen LogP contribution in [0.1, 0.15) is 22.5 Å². The molecule has 24 heavy (non-hydrogen) atoms. The molecule has 0 fully saturated rings. The van der Waals surface area contributed by atoms with Gasteiger partial charge in [0.25, 0.3) is 5.91 Å². The Balaban J connectivity index is 1.98. The van der Waals surface area contributed by atoms with Crippen molar-refractivity contribution < 1.29 is 4.79 Å². The van der Waals surface area contributed by atoms with Gasteiger partial charge >= 0.3 is 0 Å². The van der Waals surface area contributed by atoms with Crippen LogP contribution in [0.5, 0.6) is 0 Å². The van der Waals surface area contributed by atoms with E-state index < -0.39 is 0 Å². The number of amides is 1. The Morgan fingerprint density at radius 1 is 1.25 bits per heavy atom. The molecular formula is C17H22ClN5O. The zero-order chi connectivity index (χ0) is 17.5. The van der Waals surface area contributed by atoms with Gasteiger partial charge in [0.2, 0.25) is 0 Å². The van der Waals surface area contributed by atoms with Crippen LogP contribution in [0.15, 0.2) is 30.6 Å². The van der Waals surface area contributed by atoms with Crippen molar-refractivity contribution in [2.75, 3.05) is 37.8 Å². The highest BCUT2D eigenvalue weighted by Crippen LogP contribution is 2.20. The summed E-state index contributed by atoms with van der Waals surface area (Å²) in [5.41, 5.74) is 1.92. The average Bonchev–Trinajstić information content (AvgIpc) is 2.54. The second-order valence-corrected chi connectivity index (χ2v) is 6.22. The van der Waals surface area contributed by atoms with Gasteiger partial charge in [0, 0.05) is 23.3 Å². The van der Waals surface area contributed by atoms with E-state index in [9.17, 15) is 4.79 Å². The standard InChI is InChI=1S/C17H22ClN5O/c1-12-9-13(18)5-6-14(12)22-17(24)15-10-16(21-11-20-15)19-7-4-8-23(2)3/h5-6,9-11H,4,7-8H2,1-3H3,(H,22,24)(H,19,20,21). The monoisotopic (exact) mass is 347 g/mol. The van der Waals surface area contributed by atoms with Crippen molar-refractivity contribution >= 4 is 29.0 Å². The van der Waals surface area contributed by atoms with Crippen LogP contribution in [0.3, 0.4) is 0 Å². The molecule has 0 spiro atoms. The van der Waals surface area contributed by atoms with Crippen LogP contribution >= 0.6 is 11.6 Å². The molecule has 0 radical (unpaired) electrons. The van der Waals surface area contributed by atoms with Crippen molar-refractivity contribution in [1.82, 2.24) is 14.9 Å². The summed E-state index contributed by atoms with van der Waals surface area (Å²) in [4.78, 5) is 22.7. The highest BCUT2D eigenvalue weighted by Gasteiger charge is 2.10. The van der Waals surface area contributed by atoms with Gasteiger partial charge in [-0.05, 0) is 57.7 Å². The molecule has 6 nitrogen and oxygen atoms in total. The molecule has 2 rings (SSSR count). The minimum atomic E-state index is -0.279. The van der Waals surface area contributed by atoms with Crippen LogP contribution in [-0.4, -0.2) is 48.0 Å². The van der Waals surface area contributed by atoms with Gasteiger partial charge in [0.15, 0.2) is 0 Å². The smallest absolute Gasteiger partial charge is 0.274 e. The van der Waals surface area contributed by atoms with Crippen LogP contribution < -0.4 is 10.6 Å². The zero-order valence-corrected chi connectivity index (χ0v) is 14.9. The van der Waals surface area contributed by atoms with E-state index in [1.54, 1.807) is 24.3 Å². The Hall–Kier alpha value is -2.18. The van der Waals surface area contributed by atoms with E-state index >= 15 is 0 Å². The fraction of sp³-hybridized carbons (Fsp3) is 0.353. The highest BCUT2D eigenvalue weighted by molar-refractivity contribution is 6.30. The summed E-state index contributed by atoms with van der Waals surface area (Å²) < 4.78 is 0. The second-order valence-electron chi connectivity index (χ2n) is 5.79. The maximum Gasteiger partial charge on any atom is 0.274 e. The Kier molecular flexibility index (Phi) is 6.52. The van der Waals surface area contributed by atoms with Gasteiger partial charge in [-0.1, -0.05) is 11.6 Å². The van der Waals surface area contributed by atoms with Crippen LogP contribution in [-0.2, 0) is 0 Å². The molecule has 1 aromatic carbocycles. The minimum absolute atomic E-state index is 0.279. The Morgan fingerprint density at radius 2 is 2.04 bits per heavy atom. The summed E-state index contributed by atoms with van der Waals surface area (Å²) in [5, 5.41) is 6.68. The number of aryl methyl sites for hydroxylation is 1. The highest BCUT2D eigenvalue weighted by atomic mass is 35.5. The fourth-order valence-electron chi connectivity index (χ4n) is 2.14. The molecule has 0 aliphatic rings. The molecule has 2 N–H and O–H groups in total. The number of aromatic nitrogens is 2. The third kappa shape index (κ3) is 5.47. The van der Waals surface area contributed by atoms with Crippen molar-refractivity contribution in [2.24, 2.45) is 0 Å². The molecule has 0 atom stereocenters. The van der Waals surface area contributed by atoms with Crippen molar-refractivity contribution in [3.63, 3.8) is 0 Å². The van der Waals surface area contributed by atoms with Gasteiger partial charge in [-0.25, -0.2) is 9.97 Å². The maximum atomic E-state index is 12.4. The first kappa shape index (κ1) is 18.2. The summed E-state index contributed by atoms with van der Waals surface area (Å²) in [6.07, 6.45) is 2.38. The third-order valence-electron chi connectivity index (χ3n) is 3.42. The zero-order valence-electron chi connectivity index (χ0n) is 14.1. The van der Waals surface area contributed by atoms with Crippen LogP contribution in [0.25, 0.3) is 0 Å². The van der Waals surface area contributed by atoms with E-state index in [4.69, 9.17) is 11.6 Å². The van der Waals surface area contributed by atoms with Crippen LogP contribution in [0.4, 0.5) is 11.5 Å². The van der Waals surface area contributed by atoms with E-state index in [1.807, 2.05) is 21.0 Å². The summed E-state index contributed by atoms with van der Waals surface area (Å²) in [6.45, 7) is 3.66. The first-order valence-corrected chi connectivity index (χ1v) is 8.11. The summed E-state index contributed by atoms with van der Waals surface area (Å²) in [6, 6.07) is 6.96. The Labute approximate surface area is 147 Å². The number of hydrogen-bond donors (Lipinski definition) is 2. The number of carbonyl (C=O) groups is 1. The first-order valence-electron chi connectivity index (χ1n) is 7.74. The number of rotatable bonds is 7. The first-order chi connectivity index (χ1) is 11.5. The predicted molar refractivity (Wildman–Crippen MR) is 97.8 cm³/mol. The SMILES string of the molecule is Cc1cc(Cl)ccc1NC(=O)c1cc(NCCCN(C)C)ncn1. The molecule has 1 amide bonds. The molecule has 0 saturated heterocycles. The summed E-state index contributed by atoms with van der Waals surface area (Å²) >= 11 is 5.93. The van der Waals surface area contributed by atoms with Gasteiger partial charge < -0.3 is 15.5 Å². The third-order valence-corrected chi connectivity index (χ3v) is 3.66. The van der Waals surface area contributed by atoms with Crippen molar-refractivity contribution in [3.05, 3.63) is 46.9 Å². The fourth-order valence-corrected chi connectivity index (χ4v) is 2.37. The molecule has 1 aromatic heterocycles. The molecule has 0 bridgehead atoms. The Bertz CT molecular complexity index is 705. The van der Waals surface area contributed by atoms with E-state index in [-0.39, 0.29) is 5.91 Å². The van der Waals surface area contributed by atoms with E-state index in [0.29, 0.717) is 22.2 Å². The van der Waals surface area contributed by atoms with Crippen molar-refractivity contribution in [3.8, 4) is 0 Å². The van der Waals surface area contributed by atoms with E-state index in [2.05, 4.69) is 25.5 Å². The molecule has 0 unspecified atom stereocenters. The number of nitrogens with zero attached hydrogens (tertiary/aromatic N) is 3. The van der Waals surface area contributed by atoms with Gasteiger partial charge in [-0.3, -0.25) is 4.79 Å². The molecule has 7 heteroatoms. The lowest BCUT2D eigenvalue weighted by atomic mass is 10.2. The van der Waals surface area contributed by atoms with Gasteiger partial charge in [-0.15, -0.1) is 0 Å². The van der Waals surface area contributed by atoms with Gasteiger partial charge in [-0.2, -0.15) is 0 Å². The lowest BCUT2D eigenvalue weighted by molar-refractivity contribution is 0.102. The van der Waals surface area contributed by atoms with E-state index in [0.717, 1.165) is 25.1 Å². The van der Waals surface area contributed by atoms with Crippen molar-refractivity contribution in [2.45, 2.75) is 13.3 Å². The maximum absolute atomic E-state index is 12.4. The van der Waals surface area contributed by atoms with Gasteiger partial charge in [0.05, 0.1) is 0 Å². The minimum Gasteiger partial charge on any atom is -0.370 e. The number of carbonyl (C=O) groups excluding carboxylic acids is 1. The number of anilines is 2. The molecule has 0 aliphatic carbocycles. The lowest BCUT2D eigenvalue weighted by Crippen LogP contribution is -2.17. The van der Waals surface area contributed by atoms with E-state index in [1.165, 1.54) is 6.33 Å². The predicted octanol–water partition coefficient (Wildman–Crippen LogP) is 3.05. The molecule has 0 aliphatic heterocycles. The Morgan fingerprint density at radius 3 is 2.75 bits per heavy atom. The average molecular weight is 348 g/mol. The summed E-state index contributed by atoms with van der Waals surface area (Å²) in [5.74, 6) is 0.362. The summed E-state index contributed by atoms with van der Waals surface area (Å²) in [7, 11) is 4.07. The molecule has 0 saturated carbocycles. The van der Waals surface area contributed by atoms with Gasteiger partial charge in [0.1, 0.15) is 17.8 Å². The molecular weight excluding hydrogens is 326 g/mol.